The van der Waals surface area contributed by atoms with Crippen LogP contribution in [0.4, 0.5) is 0 Å². The summed E-state index contributed by atoms with van der Waals surface area (Å²) in [5, 5.41) is 23.7. The zero-order chi connectivity index (χ0) is 37.2. The Labute approximate surface area is 310 Å². The molecular weight excluding hydrogens is 658 g/mol. The molecule has 2 saturated heterocycles. The van der Waals surface area contributed by atoms with Crippen molar-refractivity contribution in [1.29, 1.82) is 0 Å². The molecule has 0 bridgehead atoms. The maximum Gasteiger partial charge on any atom is 0.303 e. The van der Waals surface area contributed by atoms with Gasteiger partial charge in [-0.3, -0.25) is 9.59 Å². The lowest BCUT2D eigenvalue weighted by atomic mass is 9.41. The van der Waals surface area contributed by atoms with Crippen LogP contribution in [0.1, 0.15) is 112 Å². The standard InChI is InChI=1S/C43H63NO8/c1-25-22-28(35(39(5,6)48)50-26(2)45)51-33-32(25)40(7)18-19-43-24-42(43)17-16-31(38(3,4)29(42)14-15-30(43)41(40,8)34(33)46)52-37-36(47)44(20-21-49-37)23-27-12-10-9-11-13-27/h9-13,25,28-35,37,46,48H,14-24H2,1-8H3. The summed E-state index contributed by atoms with van der Waals surface area (Å²) < 4.78 is 25.3. The Bertz CT molecular complexity index is 1560. The molecule has 5 saturated carbocycles. The van der Waals surface area contributed by atoms with Crippen molar-refractivity contribution in [1.82, 2.24) is 4.90 Å². The van der Waals surface area contributed by atoms with Gasteiger partial charge in [-0.05, 0) is 116 Å². The van der Waals surface area contributed by atoms with Crippen LogP contribution in [0.25, 0.3) is 0 Å². The predicted octanol–water partition coefficient (Wildman–Crippen LogP) is 6.27. The Morgan fingerprint density at radius 3 is 2.42 bits per heavy atom. The summed E-state index contributed by atoms with van der Waals surface area (Å²) in [4.78, 5) is 27.6. The third-order valence-electron chi connectivity index (χ3n) is 16.7. The number of benzene rings is 1. The molecule has 14 unspecified atom stereocenters. The fraction of sp³-hybridized carbons (Fsp3) is 0.814. The predicted molar refractivity (Wildman–Crippen MR) is 194 cm³/mol. The quantitative estimate of drug-likeness (QED) is 0.317. The summed E-state index contributed by atoms with van der Waals surface area (Å²) in [5.41, 5.74) is -0.327. The lowest BCUT2D eigenvalue weighted by Crippen LogP contribution is -2.60. The van der Waals surface area contributed by atoms with Crippen LogP contribution in [-0.2, 0) is 35.1 Å². The van der Waals surface area contributed by atoms with E-state index in [1.807, 2.05) is 23.1 Å². The zero-order valence-corrected chi connectivity index (χ0v) is 32.7. The minimum absolute atomic E-state index is 0.0699. The highest BCUT2D eigenvalue weighted by Gasteiger charge is 2.84. The molecule has 288 valence electrons. The summed E-state index contributed by atoms with van der Waals surface area (Å²) in [6.45, 7) is 18.2. The normalized spacial score (nSPS) is 46.9. The van der Waals surface area contributed by atoms with E-state index in [0.717, 1.165) is 37.7 Å². The molecule has 7 aliphatic rings. The van der Waals surface area contributed by atoms with E-state index >= 15 is 0 Å². The Morgan fingerprint density at radius 1 is 1.04 bits per heavy atom. The lowest BCUT2D eigenvalue weighted by Gasteiger charge is -2.63. The number of fused-ring (bicyclic) bond motifs is 4. The number of carbonyl (C=O) groups excluding carboxylic acids is 2. The number of amides is 1. The van der Waals surface area contributed by atoms with Crippen molar-refractivity contribution in [3.8, 4) is 0 Å². The number of aliphatic hydroxyl groups excluding tert-OH is 1. The average molecular weight is 722 g/mol. The van der Waals surface area contributed by atoms with Crippen LogP contribution >= 0.6 is 0 Å². The van der Waals surface area contributed by atoms with Crippen molar-refractivity contribution >= 4 is 11.9 Å². The number of esters is 1. The molecule has 8 rings (SSSR count). The molecule has 14 atom stereocenters. The largest absolute Gasteiger partial charge is 0.457 e. The lowest BCUT2D eigenvalue weighted by molar-refractivity contribution is -0.244. The Morgan fingerprint density at radius 2 is 1.73 bits per heavy atom. The summed E-state index contributed by atoms with van der Waals surface area (Å²) in [5.74, 6) is 0.765. The van der Waals surface area contributed by atoms with Crippen molar-refractivity contribution < 1.29 is 38.7 Å². The van der Waals surface area contributed by atoms with E-state index in [4.69, 9.17) is 18.9 Å². The van der Waals surface area contributed by atoms with E-state index in [1.54, 1.807) is 13.8 Å². The number of morpholine rings is 1. The Balaban J connectivity index is 1.01. The van der Waals surface area contributed by atoms with Crippen molar-refractivity contribution in [3.63, 3.8) is 0 Å². The summed E-state index contributed by atoms with van der Waals surface area (Å²) >= 11 is 0. The maximum atomic E-state index is 13.6. The molecule has 2 heterocycles. The van der Waals surface area contributed by atoms with Gasteiger partial charge in [0.25, 0.3) is 5.91 Å². The first-order chi connectivity index (χ1) is 24.4. The molecule has 2 spiro atoms. The molecule has 1 aromatic carbocycles. The summed E-state index contributed by atoms with van der Waals surface area (Å²) in [6.07, 6.45) is 4.99. The number of hydrogen-bond donors (Lipinski definition) is 2. The van der Waals surface area contributed by atoms with Crippen molar-refractivity contribution in [2.24, 2.45) is 50.7 Å². The zero-order valence-electron chi connectivity index (χ0n) is 32.7. The fourth-order valence-electron chi connectivity index (χ4n) is 14.4. The van der Waals surface area contributed by atoms with E-state index in [2.05, 4.69) is 46.8 Å². The number of ether oxygens (including phenoxy) is 4. The van der Waals surface area contributed by atoms with Gasteiger partial charge in [0.2, 0.25) is 6.29 Å². The Hall–Kier alpha value is -2.04. The second kappa shape index (κ2) is 12.2. The minimum atomic E-state index is -1.27. The molecule has 7 fully saturated rings. The number of carbonyl (C=O) groups is 2. The maximum absolute atomic E-state index is 13.6. The van der Waals surface area contributed by atoms with E-state index in [9.17, 15) is 19.8 Å². The fourth-order valence-corrected chi connectivity index (χ4v) is 14.4. The van der Waals surface area contributed by atoms with Crippen LogP contribution in [0.3, 0.4) is 0 Å². The highest BCUT2D eigenvalue weighted by Crippen LogP contribution is 2.89. The van der Waals surface area contributed by atoms with Gasteiger partial charge in [-0.2, -0.15) is 0 Å². The third kappa shape index (κ3) is 5.10. The van der Waals surface area contributed by atoms with Crippen LogP contribution in [-0.4, -0.2) is 82.6 Å². The highest BCUT2D eigenvalue weighted by molar-refractivity contribution is 5.80. The topological polar surface area (TPSA) is 115 Å². The SMILES string of the molecule is CC(=O)OC(C1CC(C)C2C(O1)C(O)C1(C)C3CCC4C(C)(C)C(OC5OCCN(Cc6ccccc6)C5=O)CCC45CC35CCC21C)C(C)(C)O. The van der Waals surface area contributed by atoms with Gasteiger partial charge in [0, 0.05) is 25.4 Å². The molecule has 1 amide bonds. The second-order valence-electron chi connectivity index (χ2n) is 19.8. The molecule has 9 nitrogen and oxygen atoms in total. The number of nitrogens with zero attached hydrogens (tertiary/aromatic N) is 1. The van der Waals surface area contributed by atoms with Crippen molar-refractivity contribution in [2.45, 2.75) is 156 Å². The van der Waals surface area contributed by atoms with Gasteiger partial charge in [0.05, 0.1) is 36.6 Å². The van der Waals surface area contributed by atoms with Crippen molar-refractivity contribution in [2.75, 3.05) is 13.2 Å². The number of aliphatic hydroxyl groups is 2. The van der Waals surface area contributed by atoms with Crippen LogP contribution in [0.2, 0.25) is 0 Å². The molecule has 1 aromatic rings. The molecule has 52 heavy (non-hydrogen) atoms. The van der Waals surface area contributed by atoms with Gasteiger partial charge in [-0.25, -0.2) is 0 Å². The third-order valence-corrected chi connectivity index (χ3v) is 16.7. The molecule has 9 heteroatoms. The average Bonchev–Trinajstić information content (AvgIpc) is 3.71. The van der Waals surface area contributed by atoms with Crippen LogP contribution < -0.4 is 0 Å². The number of rotatable bonds is 7. The first-order valence-corrected chi connectivity index (χ1v) is 20.2. The van der Waals surface area contributed by atoms with E-state index in [1.165, 1.54) is 19.8 Å². The summed E-state index contributed by atoms with van der Waals surface area (Å²) in [6, 6.07) is 10.1. The molecule has 0 radical (unpaired) electrons. The van der Waals surface area contributed by atoms with Crippen LogP contribution in [0.15, 0.2) is 30.3 Å². The molecular formula is C43H63NO8. The van der Waals surface area contributed by atoms with Gasteiger partial charge in [-0.15, -0.1) is 0 Å². The number of hydrogen-bond acceptors (Lipinski definition) is 8. The molecule has 5 aliphatic carbocycles. The minimum Gasteiger partial charge on any atom is -0.457 e. The van der Waals surface area contributed by atoms with Crippen LogP contribution in [0, 0.1) is 50.7 Å². The van der Waals surface area contributed by atoms with Gasteiger partial charge < -0.3 is 34.1 Å². The molecule has 0 aromatic heterocycles. The molecule has 2 N–H and O–H groups in total. The van der Waals surface area contributed by atoms with E-state index in [0.29, 0.717) is 38.0 Å². The Kier molecular flexibility index (Phi) is 8.68. The monoisotopic (exact) mass is 721 g/mol. The first-order valence-electron chi connectivity index (χ1n) is 20.2. The second-order valence-corrected chi connectivity index (χ2v) is 19.8. The highest BCUT2D eigenvalue weighted by atomic mass is 16.7. The van der Waals surface area contributed by atoms with Gasteiger partial charge in [0.15, 0.2) is 6.10 Å². The smallest absolute Gasteiger partial charge is 0.303 e. The van der Waals surface area contributed by atoms with E-state index < -0.39 is 36.2 Å². The van der Waals surface area contributed by atoms with Gasteiger partial charge >= 0.3 is 5.97 Å². The van der Waals surface area contributed by atoms with Gasteiger partial charge in [0.1, 0.15) is 0 Å². The van der Waals surface area contributed by atoms with E-state index in [-0.39, 0.29) is 57.0 Å². The first kappa shape index (κ1) is 36.9. The van der Waals surface area contributed by atoms with Gasteiger partial charge in [-0.1, -0.05) is 65.0 Å². The van der Waals surface area contributed by atoms with Crippen LogP contribution in [0.5, 0.6) is 0 Å². The summed E-state index contributed by atoms with van der Waals surface area (Å²) in [7, 11) is 0. The van der Waals surface area contributed by atoms with Crippen molar-refractivity contribution in [3.05, 3.63) is 35.9 Å². The molecule has 2 aliphatic heterocycles.